The van der Waals surface area contributed by atoms with Crippen LogP contribution in [0.1, 0.15) is 25.7 Å². The highest BCUT2D eigenvalue weighted by atomic mass is 14.5. The van der Waals surface area contributed by atoms with E-state index in [0.29, 0.717) is 0 Å². The average molecular weight is 113 g/mol. The van der Waals surface area contributed by atoms with Crippen LogP contribution >= 0.6 is 0 Å². The highest BCUT2D eigenvalue weighted by Gasteiger charge is 2.40. The molecule has 2 aliphatic rings. The Bertz CT molecular complexity index is 62.8. The summed E-state index contributed by atoms with van der Waals surface area (Å²) in [5.74, 6) is 2.43. The summed E-state index contributed by atoms with van der Waals surface area (Å²) in [6.45, 7) is 0. The number of nitrogens with two attached hydrogens (primary N) is 1. The average Bonchev–Trinajstić information content (AvgIpc) is 2.46. The van der Waals surface area contributed by atoms with E-state index in [1.165, 1.54) is 25.3 Å². The highest BCUT2D eigenvalue weighted by molar-refractivity contribution is 4.91. The zero-order valence-electron chi connectivity index (χ0n) is 5.56. The Morgan fingerprint density at radius 1 is 1.12 bits per heavy atom. The van der Waals surface area contributed by atoms with Crippen LogP contribution in [0.2, 0.25) is 0 Å². The van der Waals surface area contributed by atoms with Crippen LogP contribution in [0.4, 0.5) is 0 Å². The minimum absolute atomic E-state index is 1.21. The van der Waals surface area contributed by atoms with E-state index in [4.69, 9.17) is 0 Å². The number of rotatable bonds is 0. The van der Waals surface area contributed by atoms with E-state index >= 15 is 0 Å². The minimum Gasteiger partial charge on any atom is -0.333 e. The van der Waals surface area contributed by atoms with Crippen LogP contribution in [0.15, 0.2) is 0 Å². The van der Waals surface area contributed by atoms with Gasteiger partial charge in [0.15, 0.2) is 0 Å². The number of fused-ring (bicyclic) bond motifs is 1. The van der Waals surface area contributed by atoms with Gasteiger partial charge in [0.1, 0.15) is 0 Å². The van der Waals surface area contributed by atoms with Crippen molar-refractivity contribution in [2.24, 2.45) is 17.6 Å². The molecule has 2 rings (SSSR count). The third-order valence-electron chi connectivity index (χ3n) is 2.22. The van der Waals surface area contributed by atoms with Gasteiger partial charge in [-0.2, -0.15) is 0 Å². The fourth-order valence-corrected chi connectivity index (χ4v) is 1.66. The van der Waals surface area contributed by atoms with E-state index in [1.807, 2.05) is 0 Å². The summed E-state index contributed by atoms with van der Waals surface area (Å²) in [6, 6.07) is 0. The monoisotopic (exact) mass is 113 g/mol. The number of hydrogen-bond acceptors (Lipinski definition) is 1. The maximum Gasteiger partial charge on any atom is -0.0195 e. The fourth-order valence-electron chi connectivity index (χ4n) is 1.66. The lowest BCUT2D eigenvalue weighted by Gasteiger charge is -1.80. The molecule has 0 aromatic rings. The van der Waals surface area contributed by atoms with E-state index in [2.05, 4.69) is 5.73 Å². The summed E-state index contributed by atoms with van der Waals surface area (Å²) >= 11 is 0. The van der Waals surface area contributed by atoms with Crippen molar-refractivity contribution >= 4 is 0 Å². The van der Waals surface area contributed by atoms with Gasteiger partial charge >= 0.3 is 0 Å². The van der Waals surface area contributed by atoms with Crippen LogP contribution in [0, 0.1) is 11.8 Å². The quantitative estimate of drug-likeness (QED) is 0.504. The van der Waals surface area contributed by atoms with Gasteiger partial charge in [0, 0.05) is 0 Å². The molecule has 0 aliphatic heterocycles. The molecule has 1 heteroatoms. The predicted molar refractivity (Wildman–Crippen MR) is 35.6 cm³/mol. The summed E-state index contributed by atoms with van der Waals surface area (Å²) < 4.78 is 0. The molecule has 0 radical (unpaired) electrons. The summed E-state index contributed by atoms with van der Waals surface area (Å²) in [7, 11) is 1.50. The van der Waals surface area contributed by atoms with Crippen molar-refractivity contribution in [3.05, 3.63) is 0 Å². The lowest BCUT2D eigenvalue weighted by atomic mass is 10.3. The van der Waals surface area contributed by atoms with E-state index in [0.717, 1.165) is 0 Å². The SMILES string of the molecule is C1CC2CC2C1.CN. The zero-order chi connectivity index (χ0) is 5.98. The van der Waals surface area contributed by atoms with Gasteiger partial charge in [-0.25, -0.2) is 0 Å². The van der Waals surface area contributed by atoms with Crippen LogP contribution in [-0.2, 0) is 0 Å². The first-order valence-corrected chi connectivity index (χ1v) is 3.54. The molecule has 2 saturated carbocycles. The second-order valence-corrected chi connectivity index (χ2v) is 2.69. The molecule has 0 aromatic carbocycles. The molecule has 0 heterocycles. The first-order chi connectivity index (χ1) is 3.97. The van der Waals surface area contributed by atoms with E-state index in [1.54, 1.807) is 19.3 Å². The summed E-state index contributed by atoms with van der Waals surface area (Å²) in [4.78, 5) is 0. The molecule has 0 spiro atoms. The van der Waals surface area contributed by atoms with Gasteiger partial charge in [-0.3, -0.25) is 0 Å². The van der Waals surface area contributed by atoms with Gasteiger partial charge in [-0.1, -0.05) is 19.3 Å². The van der Waals surface area contributed by atoms with Crippen molar-refractivity contribution in [3.8, 4) is 0 Å². The molecule has 2 atom stereocenters. The van der Waals surface area contributed by atoms with Crippen LogP contribution in [0.5, 0.6) is 0 Å². The second-order valence-electron chi connectivity index (χ2n) is 2.69. The van der Waals surface area contributed by atoms with Crippen molar-refractivity contribution in [3.63, 3.8) is 0 Å². The fraction of sp³-hybridized carbons (Fsp3) is 1.00. The zero-order valence-corrected chi connectivity index (χ0v) is 5.56. The smallest absolute Gasteiger partial charge is 0.0195 e. The van der Waals surface area contributed by atoms with Gasteiger partial charge < -0.3 is 5.73 Å². The maximum absolute atomic E-state index is 4.50. The van der Waals surface area contributed by atoms with E-state index < -0.39 is 0 Å². The molecule has 0 amide bonds. The maximum atomic E-state index is 4.50. The van der Waals surface area contributed by atoms with Gasteiger partial charge in [-0.15, -0.1) is 0 Å². The molecule has 2 N–H and O–H groups in total. The lowest BCUT2D eigenvalue weighted by molar-refractivity contribution is 0.735. The normalized spacial score (nSPS) is 39.8. The third kappa shape index (κ3) is 1.03. The first kappa shape index (κ1) is 6.09. The summed E-state index contributed by atoms with van der Waals surface area (Å²) in [6.07, 6.45) is 6.24. The highest BCUT2D eigenvalue weighted by Crippen LogP contribution is 2.51. The largest absolute Gasteiger partial charge is 0.333 e. The van der Waals surface area contributed by atoms with Crippen LogP contribution in [0.3, 0.4) is 0 Å². The van der Waals surface area contributed by atoms with Crippen molar-refractivity contribution in [1.82, 2.24) is 0 Å². The molecule has 0 saturated heterocycles. The van der Waals surface area contributed by atoms with Gasteiger partial charge in [-0.05, 0) is 25.3 Å². The molecule has 2 fully saturated rings. The molecule has 2 aliphatic carbocycles. The molecule has 1 nitrogen and oxygen atoms in total. The molecule has 0 bridgehead atoms. The van der Waals surface area contributed by atoms with Crippen LogP contribution in [0.25, 0.3) is 0 Å². The Labute approximate surface area is 51.3 Å². The Morgan fingerprint density at radius 2 is 1.62 bits per heavy atom. The van der Waals surface area contributed by atoms with Crippen molar-refractivity contribution < 1.29 is 0 Å². The molecule has 0 aromatic heterocycles. The first-order valence-electron chi connectivity index (χ1n) is 3.54. The topological polar surface area (TPSA) is 26.0 Å². The van der Waals surface area contributed by atoms with Gasteiger partial charge in [0.25, 0.3) is 0 Å². The molecule has 2 unspecified atom stereocenters. The van der Waals surface area contributed by atoms with E-state index in [9.17, 15) is 0 Å². The van der Waals surface area contributed by atoms with Crippen molar-refractivity contribution in [2.45, 2.75) is 25.7 Å². The molecule has 8 heavy (non-hydrogen) atoms. The Hall–Kier alpha value is -0.0400. The summed E-state index contributed by atoms with van der Waals surface area (Å²) in [5.41, 5.74) is 4.50. The summed E-state index contributed by atoms with van der Waals surface area (Å²) in [5, 5.41) is 0. The Kier molecular flexibility index (Phi) is 1.90. The Balaban J connectivity index is 0.000000147. The molecular weight excluding hydrogens is 98.1 g/mol. The lowest BCUT2D eigenvalue weighted by Crippen LogP contribution is -1.69. The third-order valence-corrected chi connectivity index (χ3v) is 2.22. The number of hydrogen-bond donors (Lipinski definition) is 1. The van der Waals surface area contributed by atoms with Gasteiger partial charge in [0.05, 0.1) is 0 Å². The predicted octanol–water partition coefficient (Wildman–Crippen LogP) is 1.38. The van der Waals surface area contributed by atoms with Gasteiger partial charge in [0.2, 0.25) is 0 Å². The molecule has 48 valence electrons. The molecular formula is C7H15N. The minimum atomic E-state index is 1.21. The second kappa shape index (κ2) is 2.49. The Morgan fingerprint density at radius 3 is 1.75 bits per heavy atom. The van der Waals surface area contributed by atoms with Crippen molar-refractivity contribution in [2.75, 3.05) is 7.05 Å². The van der Waals surface area contributed by atoms with Crippen LogP contribution < -0.4 is 5.73 Å². The standard InChI is InChI=1S/C6H10.CH5N/c1-2-5-4-6(5)3-1;1-2/h5-6H,1-4H2;2H2,1H3. The van der Waals surface area contributed by atoms with E-state index in [-0.39, 0.29) is 0 Å². The van der Waals surface area contributed by atoms with Crippen molar-refractivity contribution in [1.29, 1.82) is 0 Å². The van der Waals surface area contributed by atoms with Crippen LogP contribution in [-0.4, -0.2) is 7.05 Å².